The third kappa shape index (κ3) is 3.85. The number of aromatic nitrogens is 4. The molecular formula is C12H20ClN5. The van der Waals surface area contributed by atoms with Gasteiger partial charge in [0.1, 0.15) is 0 Å². The Morgan fingerprint density at radius 3 is 2.56 bits per heavy atom. The minimum absolute atomic E-state index is 0. The number of hydrogen-bond donors (Lipinski definition) is 1. The van der Waals surface area contributed by atoms with Gasteiger partial charge >= 0.3 is 0 Å². The van der Waals surface area contributed by atoms with Crippen LogP contribution >= 0.6 is 12.4 Å². The molecule has 2 aromatic rings. The lowest BCUT2D eigenvalue weighted by Crippen LogP contribution is -2.13. The molecule has 0 aliphatic heterocycles. The fourth-order valence-electron chi connectivity index (χ4n) is 1.68. The summed E-state index contributed by atoms with van der Waals surface area (Å²) in [6.07, 6.45) is 5.98. The fraction of sp³-hybridized carbons (Fsp3) is 0.500. The molecule has 2 heterocycles. The maximum absolute atomic E-state index is 4.41. The topological polar surface area (TPSA) is 47.7 Å². The molecule has 6 heteroatoms. The van der Waals surface area contributed by atoms with Crippen LogP contribution in [0.5, 0.6) is 0 Å². The minimum Gasteiger partial charge on any atom is -0.307 e. The smallest absolute Gasteiger partial charge is 0.0762 e. The van der Waals surface area contributed by atoms with Crippen molar-refractivity contribution in [2.45, 2.75) is 40.0 Å². The first-order valence-corrected chi connectivity index (χ1v) is 6.06. The molecule has 2 aromatic heterocycles. The van der Waals surface area contributed by atoms with Gasteiger partial charge in [-0.25, -0.2) is 0 Å². The highest BCUT2D eigenvalue weighted by Crippen LogP contribution is 1.99. The van der Waals surface area contributed by atoms with Crippen molar-refractivity contribution >= 4 is 12.4 Å². The Hall–Kier alpha value is -1.33. The number of nitrogens with one attached hydrogen (secondary N) is 1. The van der Waals surface area contributed by atoms with Crippen LogP contribution in [0.2, 0.25) is 0 Å². The van der Waals surface area contributed by atoms with Crippen LogP contribution in [0.15, 0.2) is 24.7 Å². The molecule has 2 rings (SSSR count). The van der Waals surface area contributed by atoms with Gasteiger partial charge in [-0.15, -0.1) is 12.4 Å². The van der Waals surface area contributed by atoms with Crippen LogP contribution < -0.4 is 5.32 Å². The second-order valence-corrected chi connectivity index (χ2v) is 3.97. The Morgan fingerprint density at radius 1 is 1.17 bits per heavy atom. The van der Waals surface area contributed by atoms with Crippen LogP contribution in [0.4, 0.5) is 0 Å². The van der Waals surface area contributed by atoms with E-state index in [9.17, 15) is 0 Å². The summed E-state index contributed by atoms with van der Waals surface area (Å²) in [7, 11) is 0. The van der Waals surface area contributed by atoms with Crippen LogP contribution in [0.3, 0.4) is 0 Å². The average Bonchev–Trinajstić information content (AvgIpc) is 2.97. The number of aryl methyl sites for hydroxylation is 2. The SMILES string of the molecule is CCn1cc(CNCc2ccn(CC)n2)cn1.Cl. The van der Waals surface area contributed by atoms with E-state index in [-0.39, 0.29) is 12.4 Å². The summed E-state index contributed by atoms with van der Waals surface area (Å²) in [4.78, 5) is 0. The highest BCUT2D eigenvalue weighted by Gasteiger charge is 1.99. The van der Waals surface area contributed by atoms with Gasteiger partial charge in [0, 0.05) is 44.1 Å². The quantitative estimate of drug-likeness (QED) is 0.870. The summed E-state index contributed by atoms with van der Waals surface area (Å²) in [6, 6.07) is 2.05. The van der Waals surface area contributed by atoms with Crippen molar-refractivity contribution in [3.63, 3.8) is 0 Å². The summed E-state index contributed by atoms with van der Waals surface area (Å²) in [5, 5.41) is 12.0. The summed E-state index contributed by atoms with van der Waals surface area (Å²) < 4.78 is 3.87. The van der Waals surface area contributed by atoms with E-state index in [1.807, 2.05) is 27.8 Å². The zero-order valence-corrected chi connectivity index (χ0v) is 11.7. The number of halogens is 1. The fourth-order valence-corrected chi connectivity index (χ4v) is 1.68. The molecule has 0 unspecified atom stereocenters. The average molecular weight is 270 g/mol. The molecular weight excluding hydrogens is 250 g/mol. The van der Waals surface area contributed by atoms with E-state index in [0.717, 1.165) is 31.9 Å². The minimum atomic E-state index is 0. The lowest BCUT2D eigenvalue weighted by molar-refractivity contribution is 0.619. The first-order valence-electron chi connectivity index (χ1n) is 6.06. The van der Waals surface area contributed by atoms with Crippen molar-refractivity contribution in [2.75, 3.05) is 0 Å². The van der Waals surface area contributed by atoms with E-state index in [4.69, 9.17) is 0 Å². The zero-order valence-electron chi connectivity index (χ0n) is 10.8. The summed E-state index contributed by atoms with van der Waals surface area (Å²) in [6.45, 7) is 7.64. The molecule has 0 spiro atoms. The maximum atomic E-state index is 4.41. The lowest BCUT2D eigenvalue weighted by Gasteiger charge is -2.00. The Morgan fingerprint density at radius 2 is 1.94 bits per heavy atom. The van der Waals surface area contributed by atoms with Crippen molar-refractivity contribution in [1.82, 2.24) is 24.9 Å². The normalized spacial score (nSPS) is 10.3. The monoisotopic (exact) mass is 269 g/mol. The molecule has 5 nitrogen and oxygen atoms in total. The van der Waals surface area contributed by atoms with Crippen LogP contribution in [0, 0.1) is 0 Å². The molecule has 18 heavy (non-hydrogen) atoms. The molecule has 0 saturated carbocycles. The van der Waals surface area contributed by atoms with Crippen molar-refractivity contribution in [2.24, 2.45) is 0 Å². The van der Waals surface area contributed by atoms with E-state index in [1.54, 1.807) is 0 Å². The largest absolute Gasteiger partial charge is 0.307 e. The van der Waals surface area contributed by atoms with Gasteiger partial charge in [-0.1, -0.05) is 0 Å². The van der Waals surface area contributed by atoms with Crippen molar-refractivity contribution < 1.29 is 0 Å². The molecule has 0 radical (unpaired) electrons. The molecule has 0 aromatic carbocycles. The highest BCUT2D eigenvalue weighted by atomic mass is 35.5. The third-order valence-corrected chi connectivity index (χ3v) is 2.67. The molecule has 0 bridgehead atoms. The Kier molecular flexibility index (Phi) is 5.88. The molecule has 0 fully saturated rings. The van der Waals surface area contributed by atoms with Crippen molar-refractivity contribution in [3.8, 4) is 0 Å². The molecule has 0 amide bonds. The van der Waals surface area contributed by atoms with Crippen LogP contribution in [0.1, 0.15) is 25.1 Å². The predicted molar refractivity (Wildman–Crippen MR) is 73.6 cm³/mol. The van der Waals surface area contributed by atoms with E-state index in [2.05, 4.69) is 35.6 Å². The van der Waals surface area contributed by atoms with Crippen LogP contribution in [0.25, 0.3) is 0 Å². The molecule has 0 saturated heterocycles. The van der Waals surface area contributed by atoms with Crippen LogP contribution in [-0.4, -0.2) is 19.6 Å². The standard InChI is InChI=1S/C12H19N5.ClH/c1-3-16-6-5-12(15-16)9-13-7-11-8-14-17(4-2)10-11;/h5-6,8,10,13H,3-4,7,9H2,1-2H3;1H. The van der Waals surface area contributed by atoms with Gasteiger partial charge in [0.05, 0.1) is 11.9 Å². The predicted octanol–water partition coefficient (Wildman–Crippen LogP) is 1.83. The van der Waals surface area contributed by atoms with Gasteiger partial charge in [0.2, 0.25) is 0 Å². The van der Waals surface area contributed by atoms with Crippen molar-refractivity contribution in [1.29, 1.82) is 0 Å². The second kappa shape index (κ2) is 7.18. The molecule has 0 aliphatic carbocycles. The maximum Gasteiger partial charge on any atom is 0.0762 e. The zero-order chi connectivity index (χ0) is 12.1. The Bertz CT molecular complexity index is 420. The van der Waals surface area contributed by atoms with E-state index < -0.39 is 0 Å². The number of hydrogen-bond acceptors (Lipinski definition) is 3. The highest BCUT2D eigenvalue weighted by molar-refractivity contribution is 5.85. The van der Waals surface area contributed by atoms with Gasteiger partial charge in [-0.05, 0) is 19.9 Å². The summed E-state index contributed by atoms with van der Waals surface area (Å²) >= 11 is 0. The Labute approximate surface area is 114 Å². The molecule has 1 N–H and O–H groups in total. The first-order chi connectivity index (χ1) is 8.31. The second-order valence-electron chi connectivity index (χ2n) is 3.97. The molecule has 100 valence electrons. The van der Waals surface area contributed by atoms with Gasteiger partial charge in [0.25, 0.3) is 0 Å². The Balaban J connectivity index is 0.00000162. The van der Waals surface area contributed by atoms with E-state index in [1.165, 1.54) is 5.56 Å². The summed E-state index contributed by atoms with van der Waals surface area (Å²) in [5.74, 6) is 0. The first kappa shape index (κ1) is 14.7. The van der Waals surface area contributed by atoms with Crippen LogP contribution in [-0.2, 0) is 26.2 Å². The van der Waals surface area contributed by atoms with Gasteiger partial charge < -0.3 is 5.32 Å². The van der Waals surface area contributed by atoms with Crippen molar-refractivity contribution in [3.05, 3.63) is 35.9 Å². The van der Waals surface area contributed by atoms with Gasteiger partial charge in [0.15, 0.2) is 0 Å². The number of rotatable bonds is 6. The third-order valence-electron chi connectivity index (χ3n) is 2.67. The van der Waals surface area contributed by atoms with Gasteiger partial charge in [-0.3, -0.25) is 9.36 Å². The van der Waals surface area contributed by atoms with E-state index in [0.29, 0.717) is 0 Å². The molecule has 0 atom stereocenters. The summed E-state index contributed by atoms with van der Waals surface area (Å²) in [5.41, 5.74) is 2.29. The number of nitrogens with zero attached hydrogens (tertiary/aromatic N) is 4. The van der Waals surface area contributed by atoms with Gasteiger partial charge in [-0.2, -0.15) is 10.2 Å². The lowest BCUT2D eigenvalue weighted by atomic mass is 10.3. The molecule has 0 aliphatic rings. The van der Waals surface area contributed by atoms with E-state index >= 15 is 0 Å².